The molecule has 0 aliphatic heterocycles. The molecule has 3 unspecified atom stereocenters. The van der Waals surface area contributed by atoms with E-state index in [4.69, 9.17) is 11.6 Å². The molecular formula is C16H22ClNO. The van der Waals surface area contributed by atoms with E-state index in [1.54, 1.807) is 0 Å². The van der Waals surface area contributed by atoms with Crippen LogP contribution in [0.2, 0.25) is 0 Å². The number of rotatable bonds is 4. The van der Waals surface area contributed by atoms with Gasteiger partial charge in [-0.15, -0.1) is 11.6 Å². The maximum atomic E-state index is 12.4. The third-order valence-corrected chi connectivity index (χ3v) is 4.46. The first-order valence-electron chi connectivity index (χ1n) is 7.21. The number of carbonyl (C=O) groups excluding carboxylic acids is 1. The van der Waals surface area contributed by atoms with E-state index in [-0.39, 0.29) is 23.2 Å². The normalized spacial score (nSPS) is 24.7. The highest BCUT2D eigenvalue weighted by Gasteiger charge is 2.27. The summed E-state index contributed by atoms with van der Waals surface area (Å²) < 4.78 is 0. The first kappa shape index (κ1) is 14.4. The molecule has 0 heterocycles. The van der Waals surface area contributed by atoms with Crippen LogP contribution >= 0.6 is 11.6 Å². The largest absolute Gasteiger partial charge is 0.351 e. The summed E-state index contributed by atoms with van der Waals surface area (Å²) in [6.45, 7) is 2.05. The van der Waals surface area contributed by atoms with Gasteiger partial charge in [-0.25, -0.2) is 0 Å². The molecule has 1 N–H and O–H groups in total. The van der Waals surface area contributed by atoms with Gasteiger partial charge in [-0.05, 0) is 24.8 Å². The smallest absolute Gasteiger partial charge is 0.227 e. The first-order chi connectivity index (χ1) is 9.22. The lowest BCUT2D eigenvalue weighted by Gasteiger charge is -2.29. The van der Waals surface area contributed by atoms with Crippen LogP contribution in [0.25, 0.3) is 0 Å². The van der Waals surface area contributed by atoms with Crippen LogP contribution in [0.5, 0.6) is 0 Å². The molecule has 1 saturated carbocycles. The summed E-state index contributed by atoms with van der Waals surface area (Å²) in [4.78, 5) is 12.4. The molecule has 104 valence electrons. The number of amides is 1. The quantitative estimate of drug-likeness (QED) is 0.834. The van der Waals surface area contributed by atoms with Crippen LogP contribution in [-0.2, 0) is 4.79 Å². The minimum Gasteiger partial charge on any atom is -0.351 e. The van der Waals surface area contributed by atoms with E-state index in [2.05, 4.69) is 12.2 Å². The summed E-state index contributed by atoms with van der Waals surface area (Å²) >= 11 is 6.31. The Balaban J connectivity index is 2.01. The van der Waals surface area contributed by atoms with Gasteiger partial charge in [0.25, 0.3) is 0 Å². The number of benzene rings is 1. The third kappa shape index (κ3) is 3.73. The summed E-state index contributed by atoms with van der Waals surface area (Å²) in [5, 5.41) is 3.24. The monoisotopic (exact) mass is 279 g/mol. The molecule has 0 bridgehead atoms. The zero-order chi connectivity index (χ0) is 13.7. The summed E-state index contributed by atoms with van der Waals surface area (Å²) in [5.41, 5.74) is 1.09. The molecule has 0 spiro atoms. The fourth-order valence-corrected chi connectivity index (χ4v) is 3.13. The lowest BCUT2D eigenvalue weighted by Crippen LogP contribution is -2.44. The minimum absolute atomic E-state index is 0.0630. The van der Waals surface area contributed by atoms with E-state index in [0.717, 1.165) is 31.2 Å². The van der Waals surface area contributed by atoms with Gasteiger partial charge in [-0.3, -0.25) is 4.79 Å². The molecule has 0 saturated heterocycles. The van der Waals surface area contributed by atoms with Crippen molar-refractivity contribution >= 4 is 17.5 Å². The number of alkyl halides is 1. The average Bonchev–Trinajstić information content (AvgIpc) is 2.43. The van der Waals surface area contributed by atoms with Crippen LogP contribution in [0.1, 0.15) is 50.5 Å². The second-order valence-corrected chi connectivity index (χ2v) is 5.85. The van der Waals surface area contributed by atoms with Crippen molar-refractivity contribution in [1.82, 2.24) is 5.32 Å². The second-order valence-electron chi connectivity index (χ2n) is 5.29. The van der Waals surface area contributed by atoms with Gasteiger partial charge in [-0.1, -0.05) is 50.1 Å². The molecule has 1 aromatic carbocycles. The van der Waals surface area contributed by atoms with Crippen molar-refractivity contribution in [2.24, 2.45) is 0 Å². The maximum Gasteiger partial charge on any atom is 0.227 e. The summed E-state index contributed by atoms with van der Waals surface area (Å²) in [7, 11) is 0. The van der Waals surface area contributed by atoms with Crippen molar-refractivity contribution in [3.8, 4) is 0 Å². The molecular weight excluding hydrogens is 258 g/mol. The lowest BCUT2D eigenvalue weighted by molar-refractivity contribution is -0.123. The van der Waals surface area contributed by atoms with Crippen LogP contribution < -0.4 is 5.32 Å². The topological polar surface area (TPSA) is 29.1 Å². The molecule has 1 aliphatic carbocycles. The van der Waals surface area contributed by atoms with Crippen LogP contribution in [-0.4, -0.2) is 17.3 Å². The van der Waals surface area contributed by atoms with E-state index in [9.17, 15) is 4.79 Å². The zero-order valence-electron chi connectivity index (χ0n) is 11.4. The van der Waals surface area contributed by atoms with Crippen LogP contribution in [0.3, 0.4) is 0 Å². The minimum atomic E-state index is -0.0630. The molecule has 0 aromatic heterocycles. The molecule has 2 rings (SSSR count). The highest BCUT2D eigenvalue weighted by atomic mass is 35.5. The number of carbonyl (C=O) groups is 1. The Morgan fingerprint density at radius 3 is 2.63 bits per heavy atom. The zero-order valence-corrected chi connectivity index (χ0v) is 12.2. The van der Waals surface area contributed by atoms with Crippen molar-refractivity contribution in [3.05, 3.63) is 35.9 Å². The number of nitrogens with one attached hydrogen (secondary N) is 1. The Bertz CT molecular complexity index is 406. The fraction of sp³-hybridized carbons (Fsp3) is 0.562. The Morgan fingerprint density at radius 2 is 2.00 bits per heavy atom. The standard InChI is InChI=1S/C16H22ClNO/c1-2-13(12-8-4-3-5-9-12)16(19)18-15-11-7-6-10-14(15)17/h3-5,8-9,13-15H,2,6-7,10-11H2,1H3,(H,18,19). The van der Waals surface area contributed by atoms with Crippen molar-refractivity contribution < 1.29 is 4.79 Å². The fourth-order valence-electron chi connectivity index (χ4n) is 2.79. The third-order valence-electron chi connectivity index (χ3n) is 3.94. The van der Waals surface area contributed by atoms with Gasteiger partial charge >= 0.3 is 0 Å². The molecule has 19 heavy (non-hydrogen) atoms. The summed E-state index contributed by atoms with van der Waals surface area (Å²) in [6, 6.07) is 10.1. The Kier molecular flexibility index (Phi) is 5.26. The van der Waals surface area contributed by atoms with Crippen LogP contribution in [0, 0.1) is 0 Å². The van der Waals surface area contributed by atoms with Gasteiger partial charge < -0.3 is 5.32 Å². The highest BCUT2D eigenvalue weighted by Crippen LogP contribution is 2.25. The summed E-state index contributed by atoms with van der Waals surface area (Å²) in [5.74, 6) is 0.0539. The highest BCUT2D eigenvalue weighted by molar-refractivity contribution is 6.21. The molecule has 1 amide bonds. The molecule has 1 aliphatic rings. The molecule has 3 heteroatoms. The van der Waals surface area contributed by atoms with Crippen molar-refractivity contribution in [3.63, 3.8) is 0 Å². The van der Waals surface area contributed by atoms with E-state index < -0.39 is 0 Å². The van der Waals surface area contributed by atoms with Gasteiger partial charge in [0.05, 0.1) is 11.3 Å². The summed E-state index contributed by atoms with van der Waals surface area (Å²) in [6.07, 6.45) is 5.17. The number of hydrogen-bond donors (Lipinski definition) is 1. The van der Waals surface area contributed by atoms with Crippen molar-refractivity contribution in [2.75, 3.05) is 0 Å². The van der Waals surface area contributed by atoms with Crippen molar-refractivity contribution in [2.45, 2.75) is 56.4 Å². The van der Waals surface area contributed by atoms with Crippen LogP contribution in [0.15, 0.2) is 30.3 Å². The Morgan fingerprint density at radius 1 is 1.32 bits per heavy atom. The lowest BCUT2D eigenvalue weighted by atomic mass is 9.92. The second kappa shape index (κ2) is 6.95. The van der Waals surface area contributed by atoms with E-state index in [0.29, 0.717) is 0 Å². The van der Waals surface area contributed by atoms with Gasteiger partial charge in [0.2, 0.25) is 5.91 Å². The molecule has 1 fully saturated rings. The number of hydrogen-bond acceptors (Lipinski definition) is 1. The van der Waals surface area contributed by atoms with Gasteiger partial charge in [0.1, 0.15) is 0 Å². The maximum absolute atomic E-state index is 12.4. The molecule has 2 nitrogen and oxygen atoms in total. The van der Waals surface area contributed by atoms with E-state index in [1.165, 1.54) is 6.42 Å². The van der Waals surface area contributed by atoms with Gasteiger partial charge in [0, 0.05) is 6.04 Å². The molecule has 3 atom stereocenters. The Labute approximate surface area is 120 Å². The van der Waals surface area contributed by atoms with Gasteiger partial charge in [-0.2, -0.15) is 0 Å². The van der Waals surface area contributed by atoms with Gasteiger partial charge in [0.15, 0.2) is 0 Å². The average molecular weight is 280 g/mol. The molecule has 1 aromatic rings. The SMILES string of the molecule is CCC(C(=O)NC1CCCCC1Cl)c1ccccc1. The predicted octanol–water partition coefficient (Wildman–Crippen LogP) is 3.85. The predicted molar refractivity (Wildman–Crippen MR) is 79.5 cm³/mol. The molecule has 0 radical (unpaired) electrons. The van der Waals surface area contributed by atoms with E-state index >= 15 is 0 Å². The van der Waals surface area contributed by atoms with Crippen LogP contribution in [0.4, 0.5) is 0 Å². The number of halogens is 1. The van der Waals surface area contributed by atoms with Crippen molar-refractivity contribution in [1.29, 1.82) is 0 Å². The Hall–Kier alpha value is -1.02. The first-order valence-corrected chi connectivity index (χ1v) is 7.65. The van der Waals surface area contributed by atoms with E-state index in [1.807, 2.05) is 30.3 Å².